The summed E-state index contributed by atoms with van der Waals surface area (Å²) in [6.45, 7) is 1.29. The van der Waals surface area contributed by atoms with Crippen LogP contribution in [0.2, 0.25) is 0 Å². The number of carbonyl (C=O) groups excluding carboxylic acids is 1. The van der Waals surface area contributed by atoms with Gasteiger partial charge in [0.1, 0.15) is 12.4 Å². The van der Waals surface area contributed by atoms with E-state index in [9.17, 15) is 4.79 Å². The molecule has 25 heavy (non-hydrogen) atoms. The molecular weight excluding hydrogens is 320 g/mol. The number of benzene rings is 1. The van der Waals surface area contributed by atoms with E-state index in [4.69, 9.17) is 14.0 Å². The van der Waals surface area contributed by atoms with Crippen LogP contribution in [-0.2, 0) is 17.6 Å². The minimum Gasteiger partial charge on any atom is -0.489 e. The molecule has 2 heterocycles. The van der Waals surface area contributed by atoms with Crippen molar-refractivity contribution in [3.05, 3.63) is 41.3 Å². The molecule has 6 nitrogen and oxygen atoms in total. The number of aromatic nitrogens is 1. The van der Waals surface area contributed by atoms with Crippen LogP contribution in [0.4, 0.5) is 5.69 Å². The lowest BCUT2D eigenvalue weighted by molar-refractivity contribution is 0.0681. The van der Waals surface area contributed by atoms with Crippen LogP contribution >= 0.6 is 0 Å². The van der Waals surface area contributed by atoms with Gasteiger partial charge in [-0.25, -0.2) is 0 Å². The van der Waals surface area contributed by atoms with E-state index in [1.54, 1.807) is 0 Å². The largest absolute Gasteiger partial charge is 0.489 e. The fraction of sp³-hybridized carbons (Fsp3) is 0.474. The van der Waals surface area contributed by atoms with Crippen molar-refractivity contribution in [1.82, 2.24) is 5.16 Å². The second-order valence-electron chi connectivity index (χ2n) is 6.54. The van der Waals surface area contributed by atoms with Crippen LogP contribution in [0, 0.1) is 0 Å². The summed E-state index contributed by atoms with van der Waals surface area (Å²) in [4.78, 5) is 12.6. The third-order valence-corrected chi connectivity index (χ3v) is 4.75. The van der Waals surface area contributed by atoms with Gasteiger partial charge in [-0.2, -0.15) is 0 Å². The summed E-state index contributed by atoms with van der Waals surface area (Å²) in [6, 6.07) is 7.42. The van der Waals surface area contributed by atoms with Gasteiger partial charge in [0, 0.05) is 12.2 Å². The number of nitrogens with zero attached hydrogens (tertiary/aromatic N) is 1. The molecule has 2 aliphatic rings. The Morgan fingerprint density at radius 2 is 2.12 bits per heavy atom. The molecule has 1 fully saturated rings. The fourth-order valence-electron chi connectivity index (χ4n) is 3.40. The molecule has 1 N–H and O–H groups in total. The Morgan fingerprint density at radius 3 is 3.00 bits per heavy atom. The zero-order valence-electron chi connectivity index (χ0n) is 14.1. The number of amides is 1. The normalized spacial score (nSPS) is 19.4. The minimum absolute atomic E-state index is 0.130. The van der Waals surface area contributed by atoms with E-state index >= 15 is 0 Å². The van der Waals surface area contributed by atoms with E-state index in [-0.39, 0.29) is 12.0 Å². The first-order valence-corrected chi connectivity index (χ1v) is 8.93. The number of para-hydroxylation sites is 2. The average Bonchev–Trinajstić information content (AvgIpc) is 3.30. The maximum Gasteiger partial charge on any atom is 0.294 e. The number of nitrogens with one attached hydrogen (secondary N) is 1. The first-order valence-electron chi connectivity index (χ1n) is 8.93. The quantitative estimate of drug-likeness (QED) is 0.902. The van der Waals surface area contributed by atoms with Gasteiger partial charge in [-0.3, -0.25) is 4.79 Å². The van der Waals surface area contributed by atoms with Gasteiger partial charge in [-0.05, 0) is 50.7 Å². The summed E-state index contributed by atoms with van der Waals surface area (Å²) >= 11 is 0. The maximum atomic E-state index is 12.6. The Balaban J connectivity index is 1.46. The summed E-state index contributed by atoms with van der Waals surface area (Å²) in [7, 11) is 0. The van der Waals surface area contributed by atoms with Crippen LogP contribution in [0.25, 0.3) is 0 Å². The second-order valence-corrected chi connectivity index (χ2v) is 6.54. The molecular formula is C19H22N2O4. The maximum absolute atomic E-state index is 12.6. The molecule has 1 aromatic heterocycles. The number of aryl methyl sites for hydroxylation is 1. The molecule has 1 amide bonds. The van der Waals surface area contributed by atoms with E-state index in [1.165, 1.54) is 0 Å². The molecule has 0 spiro atoms. The number of anilines is 1. The van der Waals surface area contributed by atoms with E-state index in [2.05, 4.69) is 10.5 Å². The first-order chi connectivity index (χ1) is 12.3. The number of fused-ring (bicyclic) bond motifs is 1. The third kappa shape index (κ3) is 3.54. The van der Waals surface area contributed by atoms with Crippen LogP contribution < -0.4 is 10.1 Å². The van der Waals surface area contributed by atoms with Gasteiger partial charge in [0.25, 0.3) is 5.91 Å². The van der Waals surface area contributed by atoms with Gasteiger partial charge >= 0.3 is 0 Å². The second kappa shape index (κ2) is 7.27. The van der Waals surface area contributed by atoms with Crippen molar-refractivity contribution < 1.29 is 18.8 Å². The van der Waals surface area contributed by atoms with Crippen molar-refractivity contribution >= 4 is 11.6 Å². The van der Waals surface area contributed by atoms with Crippen LogP contribution in [0.5, 0.6) is 5.75 Å². The van der Waals surface area contributed by atoms with Gasteiger partial charge in [0.2, 0.25) is 5.76 Å². The van der Waals surface area contributed by atoms with Gasteiger partial charge < -0.3 is 19.3 Å². The highest BCUT2D eigenvalue weighted by molar-refractivity contribution is 6.04. The Labute approximate surface area is 146 Å². The van der Waals surface area contributed by atoms with Crippen molar-refractivity contribution in [3.63, 3.8) is 0 Å². The van der Waals surface area contributed by atoms with E-state index in [0.29, 0.717) is 23.8 Å². The Morgan fingerprint density at radius 1 is 1.24 bits per heavy atom. The molecule has 0 radical (unpaired) electrons. The highest BCUT2D eigenvalue weighted by atomic mass is 16.5. The van der Waals surface area contributed by atoms with Gasteiger partial charge in [0.15, 0.2) is 0 Å². The lowest BCUT2D eigenvalue weighted by Crippen LogP contribution is -2.18. The fourth-order valence-corrected chi connectivity index (χ4v) is 3.40. The van der Waals surface area contributed by atoms with Crippen molar-refractivity contribution in [2.24, 2.45) is 0 Å². The lowest BCUT2D eigenvalue weighted by atomic mass is 9.96. The zero-order valence-corrected chi connectivity index (χ0v) is 14.1. The summed E-state index contributed by atoms with van der Waals surface area (Å²) in [5.74, 6) is 0.687. The summed E-state index contributed by atoms with van der Waals surface area (Å²) in [5, 5.41) is 6.95. The molecule has 1 saturated heterocycles. The molecule has 132 valence electrons. The Bertz CT molecular complexity index is 750. The Kier molecular flexibility index (Phi) is 4.70. The molecule has 1 aliphatic carbocycles. The van der Waals surface area contributed by atoms with Crippen molar-refractivity contribution in [2.45, 2.75) is 44.6 Å². The van der Waals surface area contributed by atoms with Gasteiger partial charge in [-0.1, -0.05) is 17.3 Å². The number of ether oxygens (including phenoxy) is 2. The Hall–Kier alpha value is -2.34. The molecule has 6 heteroatoms. The average molecular weight is 342 g/mol. The molecule has 1 aliphatic heterocycles. The summed E-state index contributed by atoms with van der Waals surface area (Å²) in [5.41, 5.74) is 2.49. The number of carbonyl (C=O) groups is 1. The van der Waals surface area contributed by atoms with E-state index in [0.717, 1.165) is 56.4 Å². The number of rotatable bonds is 5. The third-order valence-electron chi connectivity index (χ3n) is 4.75. The summed E-state index contributed by atoms with van der Waals surface area (Å²) in [6.07, 6.45) is 6.11. The van der Waals surface area contributed by atoms with Crippen molar-refractivity contribution in [1.29, 1.82) is 0 Å². The molecule has 0 saturated carbocycles. The number of hydrogen-bond acceptors (Lipinski definition) is 5. The molecule has 1 unspecified atom stereocenters. The van der Waals surface area contributed by atoms with Crippen LogP contribution in [0.15, 0.2) is 28.8 Å². The van der Waals surface area contributed by atoms with Crippen LogP contribution in [0.1, 0.15) is 47.5 Å². The minimum atomic E-state index is -0.274. The topological polar surface area (TPSA) is 73.6 Å². The monoisotopic (exact) mass is 342 g/mol. The van der Waals surface area contributed by atoms with Crippen LogP contribution in [-0.4, -0.2) is 30.4 Å². The predicted octanol–water partition coefficient (Wildman–Crippen LogP) is 3.36. The standard InChI is InChI=1S/C19H22N2O4/c22-19(18-14-7-1-2-8-15(14)21-25-18)20-16-9-3-4-10-17(16)24-12-13-6-5-11-23-13/h3-4,9-10,13H,1-2,5-8,11-12H2,(H,20,22). The van der Waals surface area contributed by atoms with Crippen molar-refractivity contribution in [2.75, 3.05) is 18.5 Å². The zero-order chi connectivity index (χ0) is 17.1. The molecule has 1 atom stereocenters. The first kappa shape index (κ1) is 16.1. The molecule has 0 bridgehead atoms. The summed E-state index contributed by atoms with van der Waals surface area (Å²) < 4.78 is 16.8. The highest BCUT2D eigenvalue weighted by Gasteiger charge is 2.25. The molecule has 4 rings (SSSR count). The van der Waals surface area contributed by atoms with Crippen molar-refractivity contribution in [3.8, 4) is 5.75 Å². The smallest absolute Gasteiger partial charge is 0.294 e. The molecule has 2 aromatic rings. The predicted molar refractivity (Wildman–Crippen MR) is 92.0 cm³/mol. The SMILES string of the molecule is O=C(Nc1ccccc1OCC1CCCO1)c1onc2c1CCCC2. The number of hydrogen-bond donors (Lipinski definition) is 1. The van der Waals surface area contributed by atoms with Gasteiger partial charge in [0.05, 0.1) is 17.5 Å². The van der Waals surface area contributed by atoms with E-state index < -0.39 is 0 Å². The lowest BCUT2D eigenvalue weighted by Gasteiger charge is -2.15. The van der Waals surface area contributed by atoms with Crippen LogP contribution in [0.3, 0.4) is 0 Å². The van der Waals surface area contributed by atoms with E-state index in [1.807, 2.05) is 24.3 Å². The molecule has 1 aromatic carbocycles. The highest BCUT2D eigenvalue weighted by Crippen LogP contribution is 2.28. The van der Waals surface area contributed by atoms with Gasteiger partial charge in [-0.15, -0.1) is 0 Å².